The second-order valence-electron chi connectivity index (χ2n) is 6.67. The van der Waals surface area contributed by atoms with E-state index in [4.69, 9.17) is 4.74 Å². The molecule has 0 heterocycles. The van der Waals surface area contributed by atoms with E-state index in [1.807, 2.05) is 0 Å². The number of benzene rings is 1. The van der Waals surface area contributed by atoms with Gasteiger partial charge < -0.3 is 15.2 Å². The molecule has 8 nitrogen and oxygen atoms in total. The van der Waals surface area contributed by atoms with Crippen LogP contribution in [0, 0.1) is 0 Å². The highest BCUT2D eigenvalue weighted by Gasteiger charge is 2.40. The first-order chi connectivity index (χ1) is 12.8. The van der Waals surface area contributed by atoms with Gasteiger partial charge in [-0.2, -0.15) is 0 Å². The smallest absolute Gasteiger partial charge is 0.329 e. The quantitative estimate of drug-likeness (QED) is 0.451. The molecule has 0 bridgehead atoms. The minimum absolute atomic E-state index is 0.0255. The number of carbonyl (C=O) groups excluding carboxylic acids is 1. The van der Waals surface area contributed by atoms with Gasteiger partial charge in [0.15, 0.2) is 0 Å². The van der Waals surface area contributed by atoms with E-state index in [9.17, 15) is 23.1 Å². The fraction of sp³-hybridized carbons (Fsp3) is 0.556. The van der Waals surface area contributed by atoms with Crippen LogP contribution in [0.25, 0.3) is 0 Å². The Morgan fingerprint density at radius 2 is 1.70 bits per heavy atom. The predicted molar refractivity (Wildman–Crippen MR) is 99.0 cm³/mol. The van der Waals surface area contributed by atoms with E-state index in [2.05, 4.69) is 10.0 Å². The highest BCUT2D eigenvalue weighted by molar-refractivity contribution is 7.89. The van der Waals surface area contributed by atoms with E-state index in [0.29, 0.717) is 12.8 Å². The Kier molecular flexibility index (Phi) is 7.34. The summed E-state index contributed by atoms with van der Waals surface area (Å²) in [6, 6.07) is 5.41. The number of carboxylic acid groups (broad SMARTS) is 1. The Bertz CT molecular complexity index is 753. The summed E-state index contributed by atoms with van der Waals surface area (Å²) in [7, 11) is -2.22. The van der Waals surface area contributed by atoms with Gasteiger partial charge in [0.1, 0.15) is 5.54 Å². The first-order valence-corrected chi connectivity index (χ1v) is 10.4. The lowest BCUT2D eigenvalue weighted by Gasteiger charge is -2.29. The molecule has 3 N–H and O–H groups in total. The zero-order valence-electron chi connectivity index (χ0n) is 15.4. The van der Waals surface area contributed by atoms with Crippen LogP contribution in [0.5, 0.6) is 0 Å². The highest BCUT2D eigenvalue weighted by Crippen LogP contribution is 2.28. The maximum absolute atomic E-state index is 12.6. The van der Waals surface area contributed by atoms with Gasteiger partial charge in [0.05, 0.1) is 11.5 Å². The number of aliphatic carboxylic acids is 1. The second kappa shape index (κ2) is 9.29. The number of sulfonamides is 1. The van der Waals surface area contributed by atoms with Crippen molar-refractivity contribution in [2.75, 3.05) is 20.3 Å². The number of carbonyl (C=O) groups is 2. The maximum Gasteiger partial charge on any atom is 0.329 e. The van der Waals surface area contributed by atoms with Crippen LogP contribution >= 0.6 is 0 Å². The molecule has 9 heteroatoms. The molecule has 2 rings (SSSR count). The third kappa shape index (κ3) is 5.50. The summed E-state index contributed by atoms with van der Waals surface area (Å²) < 4.78 is 31.5. The van der Waals surface area contributed by atoms with Gasteiger partial charge in [0.25, 0.3) is 5.91 Å². The van der Waals surface area contributed by atoms with E-state index in [1.165, 1.54) is 31.4 Å². The fourth-order valence-corrected chi connectivity index (χ4v) is 4.17. The number of ether oxygens (including phenoxy) is 1. The SMILES string of the molecule is COCCNS(=O)(=O)c1ccc(C(=O)NC2(C(=O)O)CCCCCC2)cc1. The molecule has 1 aliphatic carbocycles. The van der Waals surface area contributed by atoms with Crippen LogP contribution in [0.15, 0.2) is 29.2 Å². The molecule has 0 unspecified atom stereocenters. The summed E-state index contributed by atoms with van der Waals surface area (Å²) >= 11 is 0. The van der Waals surface area contributed by atoms with Gasteiger partial charge >= 0.3 is 5.97 Å². The fourth-order valence-electron chi connectivity index (χ4n) is 3.16. The number of hydrogen-bond donors (Lipinski definition) is 3. The number of nitrogens with one attached hydrogen (secondary N) is 2. The molecule has 0 radical (unpaired) electrons. The molecular weight excluding hydrogens is 372 g/mol. The van der Waals surface area contributed by atoms with E-state index >= 15 is 0 Å². The maximum atomic E-state index is 12.6. The van der Waals surface area contributed by atoms with Crippen molar-refractivity contribution in [3.8, 4) is 0 Å². The Balaban J connectivity index is 2.11. The van der Waals surface area contributed by atoms with Crippen LogP contribution in [0.1, 0.15) is 48.9 Å². The molecule has 1 aliphatic rings. The number of carboxylic acids is 1. The predicted octanol–water partition coefficient (Wildman–Crippen LogP) is 1.52. The Labute approximate surface area is 159 Å². The largest absolute Gasteiger partial charge is 0.480 e. The lowest BCUT2D eigenvalue weighted by Crippen LogP contribution is -2.54. The Hall–Kier alpha value is -1.97. The summed E-state index contributed by atoms with van der Waals surface area (Å²) in [6.07, 6.45) is 4.18. The Morgan fingerprint density at radius 1 is 1.11 bits per heavy atom. The van der Waals surface area contributed by atoms with Gasteiger partial charge in [-0.05, 0) is 37.1 Å². The van der Waals surface area contributed by atoms with Crippen LogP contribution in [0.2, 0.25) is 0 Å². The van der Waals surface area contributed by atoms with Crippen LogP contribution in [-0.2, 0) is 19.6 Å². The van der Waals surface area contributed by atoms with Gasteiger partial charge in [-0.15, -0.1) is 0 Å². The molecule has 0 aliphatic heterocycles. The molecule has 0 aromatic heterocycles. The molecule has 1 amide bonds. The molecule has 1 aromatic rings. The first kappa shape index (κ1) is 21.3. The lowest BCUT2D eigenvalue weighted by atomic mass is 9.90. The molecule has 1 saturated carbocycles. The summed E-state index contributed by atoms with van der Waals surface area (Å²) in [4.78, 5) is 24.4. The van der Waals surface area contributed by atoms with Crippen molar-refractivity contribution < 1.29 is 27.9 Å². The minimum atomic E-state index is -3.69. The lowest BCUT2D eigenvalue weighted by molar-refractivity contribution is -0.145. The number of rotatable bonds is 8. The normalized spacial score (nSPS) is 17.1. The zero-order chi connectivity index (χ0) is 19.9. The topological polar surface area (TPSA) is 122 Å². The van der Waals surface area contributed by atoms with Crippen molar-refractivity contribution in [3.63, 3.8) is 0 Å². The summed E-state index contributed by atoms with van der Waals surface area (Å²) in [5, 5.41) is 12.3. The zero-order valence-corrected chi connectivity index (χ0v) is 16.2. The van der Waals surface area contributed by atoms with Crippen LogP contribution in [0.4, 0.5) is 0 Å². The van der Waals surface area contributed by atoms with Crippen molar-refractivity contribution in [2.24, 2.45) is 0 Å². The summed E-state index contributed by atoms with van der Waals surface area (Å²) in [5.41, 5.74) is -1.05. The number of amides is 1. The van der Waals surface area contributed by atoms with Crippen molar-refractivity contribution >= 4 is 21.9 Å². The van der Waals surface area contributed by atoms with Crippen molar-refractivity contribution in [1.29, 1.82) is 0 Å². The van der Waals surface area contributed by atoms with E-state index < -0.39 is 27.4 Å². The van der Waals surface area contributed by atoms with Crippen molar-refractivity contribution in [2.45, 2.75) is 49.0 Å². The minimum Gasteiger partial charge on any atom is -0.480 e. The second-order valence-corrected chi connectivity index (χ2v) is 8.44. The monoisotopic (exact) mass is 398 g/mol. The molecule has 1 fully saturated rings. The van der Waals surface area contributed by atoms with E-state index in [-0.39, 0.29) is 23.6 Å². The van der Waals surface area contributed by atoms with E-state index in [1.54, 1.807) is 0 Å². The average Bonchev–Trinajstić information content (AvgIpc) is 2.88. The Morgan fingerprint density at radius 3 is 2.22 bits per heavy atom. The number of hydrogen-bond acceptors (Lipinski definition) is 5. The molecule has 150 valence electrons. The van der Waals surface area contributed by atoms with Gasteiger partial charge in [-0.1, -0.05) is 25.7 Å². The molecule has 27 heavy (non-hydrogen) atoms. The first-order valence-electron chi connectivity index (χ1n) is 8.95. The average molecular weight is 398 g/mol. The molecule has 0 spiro atoms. The van der Waals surface area contributed by atoms with Crippen LogP contribution in [-0.4, -0.2) is 51.2 Å². The highest BCUT2D eigenvalue weighted by atomic mass is 32.2. The van der Waals surface area contributed by atoms with E-state index in [0.717, 1.165) is 25.7 Å². The molecular formula is C18H26N2O6S. The van der Waals surface area contributed by atoms with Crippen LogP contribution in [0.3, 0.4) is 0 Å². The molecule has 0 saturated heterocycles. The van der Waals surface area contributed by atoms with Crippen LogP contribution < -0.4 is 10.0 Å². The van der Waals surface area contributed by atoms with Crippen molar-refractivity contribution in [3.05, 3.63) is 29.8 Å². The van der Waals surface area contributed by atoms with Crippen molar-refractivity contribution in [1.82, 2.24) is 10.0 Å². The summed E-state index contributed by atoms with van der Waals surface area (Å²) in [5.74, 6) is -1.55. The standard InChI is InChI=1S/C18H26N2O6S/c1-26-13-12-19-27(24,25)15-8-6-14(7-9-15)16(21)20-18(17(22)23)10-4-2-3-5-11-18/h6-9,19H,2-5,10-13H2,1H3,(H,20,21)(H,22,23). The van der Waals surface area contributed by atoms with Gasteiger partial charge in [0.2, 0.25) is 10.0 Å². The number of methoxy groups -OCH3 is 1. The van der Waals surface area contributed by atoms with Gasteiger partial charge in [0, 0.05) is 19.2 Å². The van der Waals surface area contributed by atoms with Gasteiger partial charge in [-0.25, -0.2) is 17.9 Å². The van der Waals surface area contributed by atoms with Gasteiger partial charge in [-0.3, -0.25) is 4.79 Å². The molecule has 0 atom stereocenters. The summed E-state index contributed by atoms with van der Waals surface area (Å²) in [6.45, 7) is 0.388. The third-order valence-electron chi connectivity index (χ3n) is 4.74. The third-order valence-corrected chi connectivity index (χ3v) is 6.22. The molecule has 1 aromatic carbocycles.